The van der Waals surface area contributed by atoms with Crippen LogP contribution in [0.25, 0.3) is 0 Å². The van der Waals surface area contributed by atoms with Crippen molar-refractivity contribution < 1.29 is 9.84 Å². The van der Waals surface area contributed by atoms with Gasteiger partial charge in [0.1, 0.15) is 11.8 Å². The number of hydrogen-bond donors (Lipinski definition) is 1. The number of aromatic nitrogens is 2. The van der Waals surface area contributed by atoms with Gasteiger partial charge in [0.25, 0.3) is 0 Å². The highest BCUT2D eigenvalue weighted by atomic mass is 16.5. The van der Waals surface area contributed by atoms with Gasteiger partial charge in [-0.25, -0.2) is 4.98 Å². The van der Waals surface area contributed by atoms with Crippen molar-refractivity contribution >= 4 is 0 Å². The summed E-state index contributed by atoms with van der Waals surface area (Å²) in [5, 5.41) is 10.5. The zero-order valence-corrected chi connectivity index (χ0v) is 10.7. The predicted molar refractivity (Wildman–Crippen MR) is 64.7 cm³/mol. The molecule has 1 N–H and O–H groups in total. The van der Waals surface area contributed by atoms with Gasteiger partial charge in [-0.3, -0.25) is 4.98 Å². The molecule has 2 atom stereocenters. The molecule has 4 nitrogen and oxygen atoms in total. The van der Waals surface area contributed by atoms with Gasteiger partial charge in [-0.15, -0.1) is 0 Å². The molecule has 4 heteroatoms. The van der Waals surface area contributed by atoms with Crippen molar-refractivity contribution in [1.29, 1.82) is 0 Å². The minimum absolute atomic E-state index is 0.155. The molecule has 0 amide bonds. The van der Waals surface area contributed by atoms with E-state index < -0.39 is 6.10 Å². The van der Waals surface area contributed by atoms with Crippen molar-refractivity contribution in [3.05, 3.63) is 18.1 Å². The minimum Gasteiger partial charge on any atom is -0.480 e. The van der Waals surface area contributed by atoms with Crippen molar-refractivity contribution in [1.82, 2.24) is 9.97 Å². The van der Waals surface area contributed by atoms with Crippen LogP contribution in [0.3, 0.4) is 0 Å². The van der Waals surface area contributed by atoms with Crippen LogP contribution in [0.1, 0.15) is 44.9 Å². The van der Waals surface area contributed by atoms with Gasteiger partial charge in [-0.1, -0.05) is 20.3 Å². The molecule has 1 fully saturated rings. The van der Waals surface area contributed by atoms with Crippen molar-refractivity contribution in [2.75, 3.05) is 7.11 Å². The molecular formula is C13H20N2O2. The zero-order chi connectivity index (χ0) is 12.5. The van der Waals surface area contributed by atoms with Crippen LogP contribution in [0.4, 0.5) is 0 Å². The lowest BCUT2D eigenvalue weighted by atomic mass is 9.78. The van der Waals surface area contributed by atoms with Crippen LogP contribution in [0.2, 0.25) is 0 Å². The lowest BCUT2D eigenvalue weighted by Gasteiger charge is -2.30. The summed E-state index contributed by atoms with van der Waals surface area (Å²) in [6.45, 7) is 4.41. The first-order chi connectivity index (χ1) is 8.06. The molecule has 0 aliphatic heterocycles. The molecule has 0 spiro atoms. The third-order valence-electron chi connectivity index (χ3n) is 3.89. The first-order valence-electron chi connectivity index (χ1n) is 6.09. The smallest absolute Gasteiger partial charge is 0.238 e. The topological polar surface area (TPSA) is 55.2 Å². The Kier molecular flexibility index (Phi) is 3.33. The quantitative estimate of drug-likeness (QED) is 0.875. The molecular weight excluding hydrogens is 216 g/mol. The predicted octanol–water partition coefficient (Wildman–Crippen LogP) is 2.34. The molecule has 0 bridgehead atoms. The summed E-state index contributed by atoms with van der Waals surface area (Å²) in [4.78, 5) is 8.31. The average molecular weight is 236 g/mol. The van der Waals surface area contributed by atoms with E-state index in [1.807, 2.05) is 0 Å². The maximum atomic E-state index is 10.5. The van der Waals surface area contributed by atoms with Crippen LogP contribution in [0.5, 0.6) is 5.88 Å². The molecule has 0 aromatic carbocycles. The number of nitrogens with zero attached hydrogens (tertiary/aromatic N) is 2. The van der Waals surface area contributed by atoms with Gasteiger partial charge >= 0.3 is 0 Å². The summed E-state index contributed by atoms with van der Waals surface area (Å²) < 4.78 is 5.16. The van der Waals surface area contributed by atoms with Crippen LogP contribution < -0.4 is 4.74 Å². The van der Waals surface area contributed by atoms with Gasteiger partial charge in [0.15, 0.2) is 0 Å². The monoisotopic (exact) mass is 236 g/mol. The molecule has 94 valence electrons. The second-order valence-corrected chi connectivity index (χ2v) is 5.38. The molecule has 0 radical (unpaired) electrons. The van der Waals surface area contributed by atoms with Gasteiger partial charge in [0.05, 0.1) is 7.11 Å². The van der Waals surface area contributed by atoms with Crippen LogP contribution in [0, 0.1) is 11.3 Å². The van der Waals surface area contributed by atoms with Crippen molar-refractivity contribution in [3.8, 4) is 5.88 Å². The summed E-state index contributed by atoms with van der Waals surface area (Å²) in [7, 11) is 1.56. The fraction of sp³-hybridized carbons (Fsp3) is 0.692. The molecule has 1 aliphatic carbocycles. The highest BCUT2D eigenvalue weighted by Crippen LogP contribution is 2.49. The fourth-order valence-corrected chi connectivity index (χ4v) is 2.83. The van der Waals surface area contributed by atoms with E-state index in [4.69, 9.17) is 4.74 Å². The highest BCUT2D eigenvalue weighted by Gasteiger charge is 2.41. The van der Waals surface area contributed by atoms with E-state index in [-0.39, 0.29) is 11.3 Å². The first kappa shape index (κ1) is 12.3. The van der Waals surface area contributed by atoms with Gasteiger partial charge < -0.3 is 9.84 Å². The van der Waals surface area contributed by atoms with E-state index in [2.05, 4.69) is 23.8 Å². The number of aliphatic hydroxyl groups is 1. The Morgan fingerprint density at radius 3 is 2.71 bits per heavy atom. The molecule has 2 unspecified atom stereocenters. The second kappa shape index (κ2) is 4.61. The second-order valence-electron chi connectivity index (χ2n) is 5.38. The summed E-state index contributed by atoms with van der Waals surface area (Å²) in [6.07, 6.45) is 5.94. The Hall–Kier alpha value is -1.16. The summed E-state index contributed by atoms with van der Waals surface area (Å²) in [5.41, 5.74) is 0.720. The summed E-state index contributed by atoms with van der Waals surface area (Å²) in [5.74, 6) is 0.663. The number of hydrogen-bond acceptors (Lipinski definition) is 4. The number of ether oxygens (including phenoxy) is 1. The Balaban J connectivity index is 2.27. The zero-order valence-electron chi connectivity index (χ0n) is 10.7. The molecule has 1 heterocycles. The highest BCUT2D eigenvalue weighted by molar-refractivity contribution is 5.21. The summed E-state index contributed by atoms with van der Waals surface area (Å²) in [6, 6.07) is 0. The Bertz CT molecular complexity index is 393. The van der Waals surface area contributed by atoms with Crippen molar-refractivity contribution in [2.24, 2.45) is 11.3 Å². The fourth-order valence-electron chi connectivity index (χ4n) is 2.83. The summed E-state index contributed by atoms with van der Waals surface area (Å²) >= 11 is 0. The lowest BCUT2D eigenvalue weighted by Crippen LogP contribution is -2.25. The largest absolute Gasteiger partial charge is 0.480 e. The van der Waals surface area contributed by atoms with E-state index >= 15 is 0 Å². The Morgan fingerprint density at radius 2 is 2.12 bits per heavy atom. The molecule has 1 aromatic heterocycles. The number of aliphatic hydroxyl groups excluding tert-OH is 1. The molecule has 1 saturated carbocycles. The third-order valence-corrected chi connectivity index (χ3v) is 3.89. The van der Waals surface area contributed by atoms with Gasteiger partial charge in [-0.2, -0.15) is 0 Å². The Labute approximate surface area is 102 Å². The number of rotatable bonds is 3. The maximum Gasteiger partial charge on any atom is 0.238 e. The van der Waals surface area contributed by atoms with Gasteiger partial charge in [0, 0.05) is 12.4 Å². The van der Waals surface area contributed by atoms with E-state index in [1.54, 1.807) is 19.5 Å². The lowest BCUT2D eigenvalue weighted by molar-refractivity contribution is 0.0474. The van der Waals surface area contributed by atoms with Crippen LogP contribution in [0.15, 0.2) is 12.4 Å². The van der Waals surface area contributed by atoms with Crippen molar-refractivity contribution in [2.45, 2.75) is 39.2 Å². The van der Waals surface area contributed by atoms with E-state index in [0.29, 0.717) is 11.6 Å². The van der Waals surface area contributed by atoms with E-state index in [1.165, 1.54) is 0 Å². The maximum absolute atomic E-state index is 10.5. The van der Waals surface area contributed by atoms with Crippen LogP contribution in [-0.2, 0) is 0 Å². The first-order valence-corrected chi connectivity index (χ1v) is 6.09. The van der Waals surface area contributed by atoms with E-state index in [9.17, 15) is 5.11 Å². The number of methoxy groups -OCH3 is 1. The van der Waals surface area contributed by atoms with E-state index in [0.717, 1.165) is 19.3 Å². The molecule has 0 saturated heterocycles. The van der Waals surface area contributed by atoms with Crippen LogP contribution >= 0.6 is 0 Å². The average Bonchev–Trinajstić information content (AvgIpc) is 2.68. The van der Waals surface area contributed by atoms with Crippen LogP contribution in [-0.4, -0.2) is 22.2 Å². The molecule has 1 aliphatic rings. The van der Waals surface area contributed by atoms with Gasteiger partial charge in [0.2, 0.25) is 5.88 Å². The third kappa shape index (κ3) is 2.27. The normalized spacial score (nSPS) is 24.6. The molecule has 1 aromatic rings. The molecule has 2 rings (SSSR count). The van der Waals surface area contributed by atoms with Crippen molar-refractivity contribution in [3.63, 3.8) is 0 Å². The SMILES string of the molecule is COc1nccnc1C(O)C1CCCC1(C)C. The minimum atomic E-state index is -0.587. The van der Waals surface area contributed by atoms with Gasteiger partial charge in [-0.05, 0) is 24.2 Å². The molecule has 17 heavy (non-hydrogen) atoms. The standard InChI is InChI=1S/C13H20N2O2/c1-13(2)6-4-5-9(13)11(16)10-12(17-3)15-8-7-14-10/h7-9,11,16H,4-6H2,1-3H3. The Morgan fingerprint density at radius 1 is 1.41 bits per heavy atom.